The van der Waals surface area contributed by atoms with Crippen LogP contribution in [0.3, 0.4) is 0 Å². The van der Waals surface area contributed by atoms with Gasteiger partial charge < -0.3 is 0 Å². The standard InChI is InChI=1S/C31H32.C2H6.CH4/c1-23-8-12-26(13-9-23)16-18-29-20-19-28-6-4-5-7-30(28)22-25(3)31(29)21-17-27-14-10-24(2)11-15-27;1-2;/h4-18,21,29H,19-20,22H2,1-3H3;1-2H3;1H4/b18-16+,21-17+,31-25?;;. The lowest BCUT2D eigenvalue weighted by atomic mass is 9.82. The summed E-state index contributed by atoms with van der Waals surface area (Å²) >= 11 is 0. The molecule has 3 aromatic rings. The second-order valence-electron chi connectivity index (χ2n) is 8.84. The molecule has 0 fully saturated rings. The highest BCUT2D eigenvalue weighted by Crippen LogP contribution is 2.31. The summed E-state index contributed by atoms with van der Waals surface area (Å²) in [5, 5.41) is 0. The van der Waals surface area contributed by atoms with Crippen LogP contribution in [0.15, 0.2) is 96.1 Å². The summed E-state index contributed by atoms with van der Waals surface area (Å²) in [6.07, 6.45) is 12.6. The maximum Gasteiger partial charge on any atom is 0.00240 e. The minimum absolute atomic E-state index is 0. The zero-order valence-corrected chi connectivity index (χ0v) is 20.9. The van der Waals surface area contributed by atoms with Crippen molar-refractivity contribution in [3.05, 3.63) is 129 Å². The Morgan fingerprint density at radius 1 is 0.647 bits per heavy atom. The lowest BCUT2D eigenvalue weighted by Crippen LogP contribution is -2.10. The van der Waals surface area contributed by atoms with E-state index in [2.05, 4.69) is 118 Å². The average molecular weight is 451 g/mol. The monoisotopic (exact) mass is 450 g/mol. The minimum atomic E-state index is 0. The predicted octanol–water partition coefficient (Wildman–Crippen LogP) is 9.81. The fourth-order valence-electron chi connectivity index (χ4n) is 4.38. The first-order valence-corrected chi connectivity index (χ1v) is 12.3. The molecule has 178 valence electrons. The fraction of sp³-hybridized carbons (Fsp3) is 0.294. The van der Waals surface area contributed by atoms with Gasteiger partial charge in [0, 0.05) is 5.92 Å². The average Bonchev–Trinajstić information content (AvgIpc) is 2.83. The number of aryl methyl sites for hydroxylation is 3. The molecule has 0 aromatic heterocycles. The lowest BCUT2D eigenvalue weighted by molar-refractivity contribution is 0.667. The summed E-state index contributed by atoms with van der Waals surface area (Å²) in [7, 11) is 0. The quantitative estimate of drug-likeness (QED) is 0.371. The van der Waals surface area contributed by atoms with Crippen molar-refractivity contribution >= 4 is 12.2 Å². The second-order valence-corrected chi connectivity index (χ2v) is 8.84. The molecule has 3 aromatic carbocycles. The topological polar surface area (TPSA) is 0 Å². The van der Waals surface area contributed by atoms with E-state index in [1.54, 1.807) is 0 Å². The van der Waals surface area contributed by atoms with Gasteiger partial charge in [0.05, 0.1) is 0 Å². The molecule has 0 heteroatoms. The molecule has 4 rings (SSSR count). The van der Waals surface area contributed by atoms with Gasteiger partial charge in [-0.05, 0) is 67.9 Å². The van der Waals surface area contributed by atoms with E-state index in [-0.39, 0.29) is 7.43 Å². The molecule has 0 N–H and O–H groups in total. The number of rotatable bonds is 4. The highest BCUT2D eigenvalue weighted by atomic mass is 14.2. The molecular weight excluding hydrogens is 408 g/mol. The van der Waals surface area contributed by atoms with Crippen molar-refractivity contribution in [1.29, 1.82) is 0 Å². The number of hydrogen-bond donors (Lipinski definition) is 0. The third-order valence-corrected chi connectivity index (χ3v) is 6.32. The molecule has 0 aliphatic heterocycles. The van der Waals surface area contributed by atoms with Crippen LogP contribution in [-0.4, -0.2) is 0 Å². The van der Waals surface area contributed by atoms with Crippen LogP contribution in [-0.2, 0) is 12.8 Å². The molecule has 34 heavy (non-hydrogen) atoms. The van der Waals surface area contributed by atoms with E-state index in [0.717, 1.165) is 19.3 Å². The van der Waals surface area contributed by atoms with Gasteiger partial charge in [0.25, 0.3) is 0 Å². The van der Waals surface area contributed by atoms with Crippen LogP contribution in [0.1, 0.15) is 68.0 Å². The molecule has 0 saturated heterocycles. The Morgan fingerprint density at radius 2 is 1.18 bits per heavy atom. The van der Waals surface area contributed by atoms with E-state index in [0.29, 0.717) is 5.92 Å². The van der Waals surface area contributed by atoms with Crippen molar-refractivity contribution < 1.29 is 0 Å². The minimum Gasteiger partial charge on any atom is -0.0776 e. The van der Waals surface area contributed by atoms with Crippen molar-refractivity contribution in [3.8, 4) is 0 Å². The predicted molar refractivity (Wildman–Crippen MR) is 153 cm³/mol. The largest absolute Gasteiger partial charge is 0.0776 e. The van der Waals surface area contributed by atoms with Crippen LogP contribution >= 0.6 is 0 Å². The SMILES string of the molecule is C.CC.CC1=C(/C=C/c2ccc(C)cc2)C(/C=C/c2ccc(C)cc2)CCc2ccccc2C1. The van der Waals surface area contributed by atoms with Crippen LogP contribution in [0, 0.1) is 19.8 Å². The molecule has 1 unspecified atom stereocenters. The first-order valence-electron chi connectivity index (χ1n) is 12.3. The van der Waals surface area contributed by atoms with Crippen LogP contribution < -0.4 is 0 Å². The zero-order chi connectivity index (χ0) is 23.6. The highest BCUT2D eigenvalue weighted by molar-refractivity contribution is 5.57. The molecule has 1 aliphatic rings. The van der Waals surface area contributed by atoms with Crippen molar-refractivity contribution in [2.45, 2.75) is 61.3 Å². The van der Waals surface area contributed by atoms with Crippen LogP contribution in [0.25, 0.3) is 12.2 Å². The van der Waals surface area contributed by atoms with E-state index >= 15 is 0 Å². The van der Waals surface area contributed by atoms with Gasteiger partial charge in [0.15, 0.2) is 0 Å². The van der Waals surface area contributed by atoms with Gasteiger partial charge in [0.2, 0.25) is 0 Å². The van der Waals surface area contributed by atoms with Crippen molar-refractivity contribution in [2.75, 3.05) is 0 Å². The molecule has 0 heterocycles. The Kier molecular flexibility index (Phi) is 10.8. The van der Waals surface area contributed by atoms with Gasteiger partial charge in [-0.25, -0.2) is 0 Å². The summed E-state index contributed by atoms with van der Waals surface area (Å²) < 4.78 is 0. The van der Waals surface area contributed by atoms with E-state index in [4.69, 9.17) is 0 Å². The number of fused-ring (bicyclic) bond motifs is 1. The maximum atomic E-state index is 2.41. The van der Waals surface area contributed by atoms with Crippen LogP contribution in [0.5, 0.6) is 0 Å². The molecular formula is C34H42. The summed E-state index contributed by atoms with van der Waals surface area (Å²) in [4.78, 5) is 0. The number of benzene rings is 3. The molecule has 0 spiro atoms. The molecule has 0 amide bonds. The normalized spacial score (nSPS) is 15.7. The Balaban J connectivity index is 0.00000133. The summed E-state index contributed by atoms with van der Waals surface area (Å²) in [5.74, 6) is 0.413. The molecule has 0 nitrogen and oxygen atoms in total. The fourth-order valence-corrected chi connectivity index (χ4v) is 4.38. The zero-order valence-electron chi connectivity index (χ0n) is 20.9. The van der Waals surface area contributed by atoms with Gasteiger partial charge in [-0.15, -0.1) is 0 Å². The van der Waals surface area contributed by atoms with E-state index in [9.17, 15) is 0 Å². The molecule has 0 bridgehead atoms. The third-order valence-electron chi connectivity index (χ3n) is 6.32. The van der Waals surface area contributed by atoms with Gasteiger partial charge in [-0.1, -0.05) is 135 Å². The van der Waals surface area contributed by atoms with Gasteiger partial charge in [0.1, 0.15) is 0 Å². The molecule has 1 atom stereocenters. The van der Waals surface area contributed by atoms with Gasteiger partial charge in [-0.2, -0.15) is 0 Å². The van der Waals surface area contributed by atoms with Gasteiger partial charge >= 0.3 is 0 Å². The van der Waals surface area contributed by atoms with Crippen molar-refractivity contribution in [3.63, 3.8) is 0 Å². The number of hydrogen-bond acceptors (Lipinski definition) is 0. The van der Waals surface area contributed by atoms with E-state index < -0.39 is 0 Å². The third kappa shape index (κ3) is 7.45. The summed E-state index contributed by atoms with van der Waals surface area (Å²) in [6.45, 7) is 10.6. The van der Waals surface area contributed by atoms with Crippen LogP contribution in [0.2, 0.25) is 0 Å². The van der Waals surface area contributed by atoms with E-state index in [1.165, 1.54) is 44.5 Å². The Labute approximate surface area is 208 Å². The van der Waals surface area contributed by atoms with Gasteiger partial charge in [-0.3, -0.25) is 0 Å². The first kappa shape index (κ1) is 27.1. The lowest BCUT2D eigenvalue weighted by Gasteiger charge is -2.23. The van der Waals surface area contributed by atoms with Crippen LogP contribution in [0.4, 0.5) is 0 Å². The highest BCUT2D eigenvalue weighted by Gasteiger charge is 2.17. The summed E-state index contributed by atoms with van der Waals surface area (Å²) in [5.41, 5.74) is 11.0. The van der Waals surface area contributed by atoms with E-state index in [1.807, 2.05) is 13.8 Å². The smallest absolute Gasteiger partial charge is 0.00240 e. The maximum absolute atomic E-state index is 2.41. The Morgan fingerprint density at radius 3 is 1.76 bits per heavy atom. The Bertz CT molecular complexity index is 1110. The molecule has 0 radical (unpaired) electrons. The molecule has 1 aliphatic carbocycles. The second kappa shape index (κ2) is 13.6. The first-order chi connectivity index (χ1) is 16.1. The summed E-state index contributed by atoms with van der Waals surface area (Å²) in [6, 6.07) is 26.5. The number of allylic oxidation sites excluding steroid dienone is 4. The molecule has 0 saturated carbocycles. The Hall–Kier alpha value is -3.12. The van der Waals surface area contributed by atoms with Crippen molar-refractivity contribution in [1.82, 2.24) is 0 Å². The van der Waals surface area contributed by atoms with Crippen molar-refractivity contribution in [2.24, 2.45) is 5.92 Å².